The number of hydrogen-bond acceptors (Lipinski definition) is 0. The highest BCUT2D eigenvalue weighted by Crippen LogP contribution is 2.49. The molecule has 0 atom stereocenters. The van der Waals surface area contributed by atoms with Crippen LogP contribution in [0.3, 0.4) is 0 Å². The van der Waals surface area contributed by atoms with Crippen LogP contribution in [-0.4, -0.2) is 0 Å². The molecule has 3 heteroatoms. The van der Waals surface area contributed by atoms with Crippen LogP contribution in [0.2, 0.25) is 0 Å². The van der Waals surface area contributed by atoms with Gasteiger partial charge in [-0.15, -0.1) is 0 Å². The molecule has 3 nitrogen and oxygen atoms in total. The first-order valence-electron chi connectivity index (χ1n) is 32.0. The van der Waals surface area contributed by atoms with Crippen molar-refractivity contribution in [3.63, 3.8) is 0 Å². The number of fused-ring (bicyclic) bond motifs is 9. The molecule has 0 N–H and O–H groups in total. The summed E-state index contributed by atoms with van der Waals surface area (Å²) in [4.78, 5) is 0. The number of aryl methyl sites for hydroxylation is 1. The van der Waals surface area contributed by atoms with Crippen molar-refractivity contribution < 1.29 is 17.8 Å². The first-order chi connectivity index (χ1) is 44.7. The Hall–Kier alpha value is -11.1. The Labute approximate surface area is 518 Å². The first kappa shape index (κ1) is 48.1. The second-order valence-corrected chi connectivity index (χ2v) is 23.6. The van der Waals surface area contributed by atoms with Gasteiger partial charge in [-0.05, 0) is 185 Å². The predicted octanol–water partition coefficient (Wildman–Crippen LogP) is 19.6. The Morgan fingerprint density at radius 1 is 0.227 bits per heavy atom. The van der Waals surface area contributed by atoms with Gasteiger partial charge in [-0.25, -0.2) is 0 Å². The minimum Gasteiger partial charge on any atom is -0.194 e. The molecule has 14 aromatic rings. The Kier molecular flexibility index (Phi) is 11.6. The third-order valence-corrected chi connectivity index (χ3v) is 18.5. The van der Waals surface area contributed by atoms with Crippen LogP contribution in [0, 0.1) is 6.85 Å². The topological polar surface area (TPSA) is 11.6 Å². The maximum atomic E-state index is 8.80. The lowest BCUT2D eigenvalue weighted by molar-refractivity contribution is -0.672. The molecule has 0 spiro atoms. The van der Waals surface area contributed by atoms with Crippen molar-refractivity contribution in [3.8, 4) is 145 Å². The molecule has 0 fully saturated rings. The molecule has 412 valence electrons. The summed E-state index contributed by atoms with van der Waals surface area (Å²) in [6.07, 6.45) is 6.44. The number of hydrogen-bond donors (Lipinski definition) is 0. The molecule has 0 aliphatic carbocycles. The second-order valence-electron chi connectivity index (χ2n) is 23.6. The van der Waals surface area contributed by atoms with Gasteiger partial charge in [0.05, 0.1) is 16.7 Å². The summed E-state index contributed by atoms with van der Waals surface area (Å²) in [5.74, 6) is 0. The van der Waals surface area contributed by atoms with E-state index in [1.807, 2.05) is 36.4 Å². The molecule has 0 amide bonds. The highest BCUT2D eigenvalue weighted by Gasteiger charge is 2.33. The zero-order valence-corrected chi connectivity index (χ0v) is 48.4. The standard InChI is InChI=1S/C85H60N3/c1-56-42-85-78-51-75(59-28-10-4-11-29-59)81(48-66(78)54-88(85)55-82(56)60-30-12-5-13-31-60)72-37-19-16-34-69(72)63-44-61(67-32-14-17-35-70(67)79-46-64-52-86-40-22-20-38-83(86)76(64)49-73(79)57-24-6-2-7-25-57)43-62(45-63)68-33-15-18-36-71(68)80-47-65-53-87-41-23-21-39-84(87)77(65)50-74(80)58-26-8-3-9-27-58/h2-51,55H,52-54H2,1H3/q+3/i1D3. The van der Waals surface area contributed by atoms with E-state index in [9.17, 15) is 0 Å². The van der Waals surface area contributed by atoms with Crippen LogP contribution in [0.4, 0.5) is 0 Å². The van der Waals surface area contributed by atoms with Crippen molar-refractivity contribution in [1.29, 1.82) is 0 Å². The zero-order chi connectivity index (χ0) is 60.7. The number of benzene rings is 11. The van der Waals surface area contributed by atoms with Crippen molar-refractivity contribution in [2.45, 2.75) is 26.5 Å². The zero-order valence-electron chi connectivity index (χ0n) is 51.4. The summed E-state index contributed by atoms with van der Waals surface area (Å²) in [6.45, 7) is -0.122. The van der Waals surface area contributed by atoms with Crippen molar-refractivity contribution >= 4 is 0 Å². The van der Waals surface area contributed by atoms with E-state index in [0.717, 1.165) is 108 Å². The molecule has 6 heterocycles. The van der Waals surface area contributed by atoms with Gasteiger partial charge in [0.25, 0.3) is 0 Å². The summed E-state index contributed by atoms with van der Waals surface area (Å²) in [6, 6.07) is 106. The fourth-order valence-electron chi connectivity index (χ4n) is 14.4. The summed E-state index contributed by atoms with van der Waals surface area (Å²) < 4.78 is 33.4. The summed E-state index contributed by atoms with van der Waals surface area (Å²) in [5, 5.41) is 0. The van der Waals surface area contributed by atoms with Crippen molar-refractivity contribution in [2.75, 3.05) is 0 Å². The number of aromatic nitrogens is 3. The van der Waals surface area contributed by atoms with Crippen molar-refractivity contribution in [3.05, 3.63) is 332 Å². The Morgan fingerprint density at radius 3 is 0.920 bits per heavy atom. The SMILES string of the molecule is [2H]C([2H])([2H])c1cc2[n+](cc1-c1ccccc1)Cc1cc(-c3ccccc3-c3cc(-c4ccccc4-c4cc5c(cc4-c4ccccc4)-c4cccc[n+]4C5)cc(-c4ccccc4-c4cc5c(cc4-c4ccccc4)-c4cccc[n+]4C5)c3)c(-c3ccccc3)cc1-2. The quantitative estimate of drug-likeness (QED) is 0.121. The van der Waals surface area contributed by atoms with Crippen LogP contribution in [0.1, 0.15) is 26.4 Å². The van der Waals surface area contributed by atoms with Gasteiger partial charge in [-0.2, -0.15) is 13.7 Å². The molecule has 0 bridgehead atoms. The van der Waals surface area contributed by atoms with E-state index < -0.39 is 6.85 Å². The van der Waals surface area contributed by atoms with E-state index in [0.29, 0.717) is 12.1 Å². The lowest BCUT2D eigenvalue weighted by atomic mass is 9.82. The Morgan fingerprint density at radius 2 is 0.545 bits per heavy atom. The monoisotopic (exact) mass is 1130 g/mol. The Bertz CT molecular complexity index is 5030. The van der Waals surface area contributed by atoms with E-state index in [4.69, 9.17) is 4.11 Å². The third kappa shape index (κ3) is 8.77. The predicted molar refractivity (Wildman–Crippen MR) is 360 cm³/mol. The number of rotatable bonds is 10. The van der Waals surface area contributed by atoms with Gasteiger partial charge < -0.3 is 0 Å². The minimum atomic E-state index is -2.33. The molecule has 0 unspecified atom stereocenters. The molecular formula is C85H60N3+3. The number of nitrogens with zero attached hydrogens (tertiary/aromatic N) is 3. The largest absolute Gasteiger partial charge is 0.213 e. The average molecular weight is 1130 g/mol. The van der Waals surface area contributed by atoms with Crippen LogP contribution in [-0.2, 0) is 19.6 Å². The van der Waals surface area contributed by atoms with E-state index >= 15 is 0 Å². The van der Waals surface area contributed by atoms with Crippen molar-refractivity contribution in [1.82, 2.24) is 0 Å². The third-order valence-electron chi connectivity index (χ3n) is 18.5. The molecule has 11 aromatic carbocycles. The van der Waals surface area contributed by atoms with E-state index in [1.54, 1.807) is 0 Å². The van der Waals surface area contributed by atoms with Crippen molar-refractivity contribution in [2.24, 2.45) is 0 Å². The van der Waals surface area contributed by atoms with Gasteiger partial charge in [0.2, 0.25) is 17.1 Å². The molecule has 3 aliphatic rings. The van der Waals surface area contributed by atoms with Crippen LogP contribution >= 0.6 is 0 Å². The van der Waals surface area contributed by atoms with Crippen LogP contribution in [0.5, 0.6) is 0 Å². The van der Waals surface area contributed by atoms with Crippen LogP contribution < -0.4 is 13.7 Å². The Balaban J connectivity index is 0.894. The van der Waals surface area contributed by atoms with Gasteiger partial charge >= 0.3 is 0 Å². The molecular weight excluding hydrogens is 1060 g/mol. The summed E-state index contributed by atoms with van der Waals surface area (Å²) in [5.41, 5.74) is 33.1. The van der Waals surface area contributed by atoms with E-state index in [1.165, 1.54) is 67.0 Å². The summed E-state index contributed by atoms with van der Waals surface area (Å²) >= 11 is 0. The molecule has 88 heavy (non-hydrogen) atoms. The fraction of sp³-hybridized carbons (Fsp3) is 0.0471. The van der Waals surface area contributed by atoms with Gasteiger partial charge in [0, 0.05) is 56.7 Å². The maximum absolute atomic E-state index is 8.80. The highest BCUT2D eigenvalue weighted by atomic mass is 15.0. The molecule has 0 saturated carbocycles. The van der Waals surface area contributed by atoms with Gasteiger partial charge in [0.15, 0.2) is 38.2 Å². The summed E-state index contributed by atoms with van der Waals surface area (Å²) in [7, 11) is 0. The number of pyridine rings is 3. The fourth-order valence-corrected chi connectivity index (χ4v) is 14.4. The van der Waals surface area contributed by atoms with Crippen LogP contribution in [0.15, 0.2) is 310 Å². The molecule has 0 saturated heterocycles. The smallest absolute Gasteiger partial charge is 0.194 e. The molecule has 3 aromatic heterocycles. The second kappa shape index (κ2) is 21.1. The molecule has 3 aliphatic heterocycles. The normalized spacial score (nSPS) is 12.9. The van der Waals surface area contributed by atoms with Crippen LogP contribution in [0.25, 0.3) is 145 Å². The lowest BCUT2D eigenvalue weighted by Crippen LogP contribution is -2.32. The lowest BCUT2D eigenvalue weighted by Gasteiger charge is -2.21. The molecule has 17 rings (SSSR count). The van der Waals surface area contributed by atoms with Gasteiger partial charge in [-0.1, -0.05) is 194 Å². The first-order valence-corrected chi connectivity index (χ1v) is 30.5. The van der Waals surface area contributed by atoms with E-state index in [2.05, 4.69) is 287 Å². The average Bonchev–Trinajstić information content (AvgIpc) is 1.75. The van der Waals surface area contributed by atoms with Gasteiger partial charge in [0.1, 0.15) is 0 Å². The van der Waals surface area contributed by atoms with E-state index in [-0.39, 0.29) is 0 Å². The minimum absolute atomic E-state index is 0.349. The van der Waals surface area contributed by atoms with Gasteiger partial charge in [-0.3, -0.25) is 0 Å². The molecule has 0 radical (unpaired) electrons. The highest BCUT2D eigenvalue weighted by molar-refractivity contribution is 6.01. The maximum Gasteiger partial charge on any atom is 0.213 e.